The van der Waals surface area contributed by atoms with Crippen molar-refractivity contribution in [3.05, 3.63) is 41.7 Å². The highest BCUT2D eigenvalue weighted by Crippen LogP contribution is 2.20. The van der Waals surface area contributed by atoms with E-state index in [-0.39, 0.29) is 0 Å². The minimum absolute atomic E-state index is 1.05. The zero-order valence-electron chi connectivity index (χ0n) is 10.0. The van der Waals surface area contributed by atoms with Crippen LogP contribution in [0.1, 0.15) is 31.9 Å². The predicted molar refractivity (Wildman–Crippen MR) is 67.2 cm³/mol. The predicted octanol–water partition coefficient (Wildman–Crippen LogP) is 4.13. The third-order valence-electron chi connectivity index (χ3n) is 2.48. The summed E-state index contributed by atoms with van der Waals surface area (Å²) in [5, 5.41) is 2.62. The molecule has 0 amide bonds. The number of aryl methyl sites for hydroxylation is 2. The molecule has 1 heteroatoms. The first-order chi connectivity index (χ1) is 7.33. The topological polar surface area (TPSA) is 12.9 Å². The zero-order chi connectivity index (χ0) is 11.3. The van der Waals surface area contributed by atoms with E-state index in [0.29, 0.717) is 0 Å². The van der Waals surface area contributed by atoms with E-state index in [1.54, 1.807) is 0 Å². The molecule has 0 spiro atoms. The summed E-state index contributed by atoms with van der Waals surface area (Å²) in [7, 11) is 0. The van der Waals surface area contributed by atoms with Gasteiger partial charge in [0.25, 0.3) is 0 Å². The third-order valence-corrected chi connectivity index (χ3v) is 2.48. The van der Waals surface area contributed by atoms with Crippen molar-refractivity contribution in [3.63, 3.8) is 0 Å². The lowest BCUT2D eigenvalue weighted by Gasteiger charge is -2.04. The Balaban J connectivity index is 0.000000531. The smallest absolute Gasteiger partial charge is 0.0349 e. The molecule has 1 aromatic carbocycles. The normalized spacial score (nSPS) is 9.60. The summed E-state index contributed by atoms with van der Waals surface area (Å²) in [4.78, 5) is 4.24. The van der Waals surface area contributed by atoms with Gasteiger partial charge in [-0.05, 0) is 29.9 Å². The average Bonchev–Trinajstić information content (AvgIpc) is 2.32. The molecule has 0 aliphatic heterocycles. The highest BCUT2D eigenvalue weighted by atomic mass is 14.6. The monoisotopic (exact) mass is 201 g/mol. The van der Waals surface area contributed by atoms with Crippen LogP contribution in [-0.2, 0) is 6.42 Å². The van der Waals surface area contributed by atoms with Gasteiger partial charge in [-0.2, -0.15) is 0 Å². The van der Waals surface area contributed by atoms with Crippen molar-refractivity contribution >= 4 is 10.8 Å². The Labute approximate surface area is 92.2 Å². The van der Waals surface area contributed by atoms with Crippen LogP contribution >= 0.6 is 0 Å². The van der Waals surface area contributed by atoms with Crippen LogP contribution in [0.2, 0.25) is 0 Å². The summed E-state index contributed by atoms with van der Waals surface area (Å²) in [6, 6.07) is 6.41. The molecule has 0 saturated carbocycles. The highest BCUT2D eigenvalue weighted by molar-refractivity contribution is 5.87. The Morgan fingerprint density at radius 1 is 1.07 bits per heavy atom. The van der Waals surface area contributed by atoms with Crippen LogP contribution in [0.15, 0.2) is 30.6 Å². The van der Waals surface area contributed by atoms with Crippen molar-refractivity contribution < 1.29 is 0 Å². The molecule has 1 aromatic heterocycles. The first-order valence-corrected chi connectivity index (χ1v) is 5.65. The van der Waals surface area contributed by atoms with Crippen LogP contribution in [0.3, 0.4) is 0 Å². The Morgan fingerprint density at radius 2 is 1.80 bits per heavy atom. The van der Waals surface area contributed by atoms with E-state index in [0.717, 1.165) is 6.42 Å². The summed E-state index contributed by atoms with van der Waals surface area (Å²) in [6.45, 7) is 8.29. The molecule has 0 aliphatic rings. The van der Waals surface area contributed by atoms with Gasteiger partial charge in [0.05, 0.1) is 0 Å². The van der Waals surface area contributed by atoms with Crippen molar-refractivity contribution in [2.24, 2.45) is 0 Å². The number of fused-ring (bicyclic) bond motifs is 1. The van der Waals surface area contributed by atoms with E-state index in [9.17, 15) is 0 Å². The van der Waals surface area contributed by atoms with E-state index in [2.05, 4.69) is 37.0 Å². The van der Waals surface area contributed by atoms with Gasteiger partial charge in [0.15, 0.2) is 0 Å². The van der Waals surface area contributed by atoms with Crippen molar-refractivity contribution in [3.8, 4) is 0 Å². The minimum Gasteiger partial charge on any atom is -0.264 e. The fraction of sp³-hybridized carbons (Fsp3) is 0.357. The molecule has 0 saturated heterocycles. The first kappa shape index (κ1) is 11.7. The third kappa shape index (κ3) is 2.35. The van der Waals surface area contributed by atoms with Gasteiger partial charge >= 0.3 is 0 Å². The summed E-state index contributed by atoms with van der Waals surface area (Å²) in [5.74, 6) is 0. The second-order valence-electron chi connectivity index (χ2n) is 3.32. The minimum atomic E-state index is 1.05. The lowest BCUT2D eigenvalue weighted by molar-refractivity contribution is 1.13. The number of nitrogens with zero attached hydrogens (tertiary/aromatic N) is 1. The molecule has 0 bridgehead atoms. The second kappa shape index (κ2) is 5.50. The van der Waals surface area contributed by atoms with E-state index in [4.69, 9.17) is 0 Å². The van der Waals surface area contributed by atoms with Gasteiger partial charge in [0.2, 0.25) is 0 Å². The van der Waals surface area contributed by atoms with Crippen molar-refractivity contribution in [1.29, 1.82) is 0 Å². The quantitative estimate of drug-likeness (QED) is 0.676. The molecule has 1 nitrogen and oxygen atoms in total. The lowest BCUT2D eigenvalue weighted by atomic mass is 10.0. The molecule has 0 aliphatic carbocycles. The Bertz CT molecular complexity index is 432. The zero-order valence-corrected chi connectivity index (χ0v) is 10.0. The maximum atomic E-state index is 4.24. The second-order valence-corrected chi connectivity index (χ2v) is 3.32. The van der Waals surface area contributed by atoms with Crippen molar-refractivity contribution in [2.45, 2.75) is 34.1 Å². The van der Waals surface area contributed by atoms with Gasteiger partial charge in [-0.3, -0.25) is 4.98 Å². The van der Waals surface area contributed by atoms with Gasteiger partial charge in [-0.25, -0.2) is 0 Å². The van der Waals surface area contributed by atoms with Crippen LogP contribution in [0.5, 0.6) is 0 Å². The molecule has 0 N–H and O–H groups in total. The number of hydrogen-bond donors (Lipinski definition) is 0. The lowest BCUT2D eigenvalue weighted by Crippen LogP contribution is -1.87. The number of pyridine rings is 1. The van der Waals surface area contributed by atoms with Gasteiger partial charge in [-0.15, -0.1) is 0 Å². The van der Waals surface area contributed by atoms with Crippen LogP contribution in [0, 0.1) is 6.92 Å². The fourth-order valence-electron chi connectivity index (χ4n) is 1.69. The molecule has 0 radical (unpaired) electrons. The Morgan fingerprint density at radius 3 is 2.47 bits per heavy atom. The molecule has 2 aromatic rings. The number of rotatable bonds is 1. The molecule has 2 rings (SSSR count). The summed E-state index contributed by atoms with van der Waals surface area (Å²) < 4.78 is 0. The van der Waals surface area contributed by atoms with Crippen LogP contribution in [0.25, 0.3) is 10.8 Å². The summed E-state index contributed by atoms with van der Waals surface area (Å²) in [5.41, 5.74) is 2.64. The molecule has 0 unspecified atom stereocenters. The molecule has 15 heavy (non-hydrogen) atoms. The van der Waals surface area contributed by atoms with Gasteiger partial charge in [-0.1, -0.05) is 39.0 Å². The highest BCUT2D eigenvalue weighted by Gasteiger charge is 2.00. The van der Waals surface area contributed by atoms with E-state index < -0.39 is 0 Å². The molecule has 0 atom stereocenters. The fourth-order valence-corrected chi connectivity index (χ4v) is 1.69. The molecular weight excluding hydrogens is 182 g/mol. The Kier molecular flexibility index (Phi) is 4.29. The van der Waals surface area contributed by atoms with Crippen molar-refractivity contribution in [2.75, 3.05) is 0 Å². The van der Waals surface area contributed by atoms with Gasteiger partial charge < -0.3 is 0 Å². The molecule has 0 fully saturated rings. The van der Waals surface area contributed by atoms with Crippen LogP contribution in [-0.4, -0.2) is 4.98 Å². The van der Waals surface area contributed by atoms with E-state index >= 15 is 0 Å². The van der Waals surface area contributed by atoms with E-state index in [1.807, 2.05) is 26.2 Å². The number of hydrogen-bond acceptors (Lipinski definition) is 1. The number of aromatic nitrogens is 1. The van der Waals surface area contributed by atoms with Gasteiger partial charge in [0.1, 0.15) is 0 Å². The number of benzene rings is 1. The Hall–Kier alpha value is -1.37. The van der Waals surface area contributed by atoms with Crippen LogP contribution in [0.4, 0.5) is 0 Å². The van der Waals surface area contributed by atoms with Crippen molar-refractivity contribution in [1.82, 2.24) is 4.98 Å². The summed E-state index contributed by atoms with van der Waals surface area (Å²) >= 11 is 0. The molecule has 1 heterocycles. The maximum Gasteiger partial charge on any atom is 0.0349 e. The van der Waals surface area contributed by atoms with Crippen LogP contribution < -0.4 is 0 Å². The maximum absolute atomic E-state index is 4.24. The average molecular weight is 201 g/mol. The molecule has 80 valence electrons. The van der Waals surface area contributed by atoms with Gasteiger partial charge in [0, 0.05) is 17.8 Å². The first-order valence-electron chi connectivity index (χ1n) is 5.65. The largest absolute Gasteiger partial charge is 0.264 e. The standard InChI is InChI=1S/C12H13N.C2H6/c1-3-10-7-13-8-12-9(2)5-4-6-11(10)12;1-2/h4-8H,3H2,1-2H3;1-2H3. The molecular formula is C14H19N. The SMILES string of the molecule is CC.CCc1cncc2c(C)cccc12. The summed E-state index contributed by atoms with van der Waals surface area (Å²) in [6.07, 6.45) is 4.96. The van der Waals surface area contributed by atoms with E-state index in [1.165, 1.54) is 21.9 Å².